The summed E-state index contributed by atoms with van der Waals surface area (Å²) in [5, 5.41) is 22.2. The van der Waals surface area contributed by atoms with Gasteiger partial charge in [-0.25, -0.2) is 0 Å². The third-order valence-corrected chi connectivity index (χ3v) is 5.40. The fourth-order valence-corrected chi connectivity index (χ4v) is 4.00. The van der Waals surface area contributed by atoms with E-state index in [9.17, 15) is 10.2 Å². The zero-order valence-electron chi connectivity index (χ0n) is 9.81. The van der Waals surface area contributed by atoms with Gasteiger partial charge in [-0.3, -0.25) is 0 Å². The summed E-state index contributed by atoms with van der Waals surface area (Å²) < 4.78 is 0.973. The summed E-state index contributed by atoms with van der Waals surface area (Å²) in [6.07, 6.45) is 5.50. The first-order valence-electron chi connectivity index (χ1n) is 6.27. The minimum atomic E-state index is -0.549. The fourth-order valence-electron chi connectivity index (χ4n) is 2.61. The molecule has 1 aliphatic rings. The normalized spacial score (nSPS) is 21.4. The van der Waals surface area contributed by atoms with Crippen LogP contribution in [-0.2, 0) is 0 Å². The molecule has 2 nitrogen and oxygen atoms in total. The van der Waals surface area contributed by atoms with Gasteiger partial charge < -0.3 is 10.2 Å². The van der Waals surface area contributed by atoms with E-state index in [1.165, 1.54) is 19.3 Å². The van der Waals surface area contributed by atoms with Gasteiger partial charge in [-0.2, -0.15) is 0 Å². The van der Waals surface area contributed by atoms with Gasteiger partial charge in [-0.15, -0.1) is 11.3 Å². The Labute approximate surface area is 115 Å². The average molecular weight is 319 g/mol. The molecule has 0 aromatic carbocycles. The van der Waals surface area contributed by atoms with Crippen LogP contribution in [0.15, 0.2) is 15.2 Å². The predicted octanol–water partition coefficient (Wildman–Crippen LogP) is 3.88. The van der Waals surface area contributed by atoms with Crippen molar-refractivity contribution in [1.29, 1.82) is 0 Å². The van der Waals surface area contributed by atoms with Crippen molar-refractivity contribution in [2.75, 3.05) is 0 Å². The molecule has 1 aromatic heterocycles. The molecule has 0 radical (unpaired) electrons. The minimum Gasteiger partial charge on any atom is -0.393 e. The summed E-state index contributed by atoms with van der Waals surface area (Å²) in [5.41, 5.74) is 0.907. The van der Waals surface area contributed by atoms with E-state index in [1.54, 1.807) is 11.3 Å². The van der Waals surface area contributed by atoms with E-state index in [0.29, 0.717) is 12.3 Å². The molecular weight excluding hydrogens is 300 g/mol. The molecule has 2 unspecified atom stereocenters. The summed E-state index contributed by atoms with van der Waals surface area (Å²) in [5.74, 6) is 0.385. The van der Waals surface area contributed by atoms with Gasteiger partial charge in [0.25, 0.3) is 0 Å². The van der Waals surface area contributed by atoms with Crippen molar-refractivity contribution in [2.24, 2.45) is 5.92 Å². The summed E-state index contributed by atoms with van der Waals surface area (Å²) in [4.78, 5) is 0. The second-order valence-electron chi connectivity index (χ2n) is 4.87. The number of thiophene rings is 1. The Morgan fingerprint density at radius 3 is 2.59 bits per heavy atom. The molecule has 17 heavy (non-hydrogen) atoms. The molecular formula is C13H19BrO2S. The number of halogens is 1. The maximum atomic E-state index is 10.2. The lowest BCUT2D eigenvalue weighted by Crippen LogP contribution is -2.24. The van der Waals surface area contributed by atoms with Crippen LogP contribution in [0, 0.1) is 5.92 Å². The van der Waals surface area contributed by atoms with Crippen molar-refractivity contribution in [3.05, 3.63) is 20.8 Å². The third kappa shape index (κ3) is 3.53. The average Bonchev–Trinajstić information content (AvgIpc) is 2.76. The smallest absolute Gasteiger partial charge is 0.0833 e. The lowest BCUT2D eigenvalue weighted by atomic mass is 9.83. The molecule has 1 saturated carbocycles. The summed E-state index contributed by atoms with van der Waals surface area (Å²) in [6, 6.07) is 1.92. The van der Waals surface area contributed by atoms with Crippen molar-refractivity contribution >= 4 is 27.3 Å². The first-order chi connectivity index (χ1) is 8.18. The van der Waals surface area contributed by atoms with Crippen LogP contribution in [0.1, 0.15) is 50.2 Å². The van der Waals surface area contributed by atoms with Gasteiger partial charge in [0.1, 0.15) is 0 Å². The topological polar surface area (TPSA) is 40.5 Å². The number of hydrogen-bond donors (Lipinski definition) is 2. The lowest BCUT2D eigenvalue weighted by molar-refractivity contribution is 0.0303. The zero-order chi connectivity index (χ0) is 12.3. The highest BCUT2D eigenvalue weighted by molar-refractivity contribution is 9.11. The Morgan fingerprint density at radius 1 is 1.29 bits per heavy atom. The molecule has 0 saturated heterocycles. The molecule has 1 fully saturated rings. The van der Waals surface area contributed by atoms with Crippen molar-refractivity contribution in [3.8, 4) is 0 Å². The third-order valence-electron chi connectivity index (χ3n) is 3.66. The highest BCUT2D eigenvalue weighted by atomic mass is 79.9. The monoisotopic (exact) mass is 318 g/mol. The standard InChI is InChI=1S/C13H19BrO2S/c14-13-10(6-7-17-13)12(16)8-11(15)9-4-2-1-3-5-9/h6-7,9,11-12,15-16H,1-5,8H2. The number of hydrogen-bond acceptors (Lipinski definition) is 3. The van der Waals surface area contributed by atoms with Crippen LogP contribution >= 0.6 is 27.3 Å². The van der Waals surface area contributed by atoms with Crippen molar-refractivity contribution in [3.63, 3.8) is 0 Å². The Bertz CT molecular complexity index is 347. The maximum absolute atomic E-state index is 10.2. The Kier molecular flexibility index (Phi) is 5.03. The van der Waals surface area contributed by atoms with E-state index in [4.69, 9.17) is 0 Å². The molecule has 0 bridgehead atoms. The van der Waals surface area contributed by atoms with E-state index >= 15 is 0 Å². The predicted molar refractivity (Wildman–Crippen MR) is 74.2 cm³/mol. The van der Waals surface area contributed by atoms with Crippen LogP contribution in [0.25, 0.3) is 0 Å². The van der Waals surface area contributed by atoms with Crippen molar-refractivity contribution in [2.45, 2.75) is 50.7 Å². The maximum Gasteiger partial charge on any atom is 0.0833 e. The van der Waals surface area contributed by atoms with Crippen LogP contribution in [0.4, 0.5) is 0 Å². The van der Waals surface area contributed by atoms with Gasteiger partial charge in [-0.1, -0.05) is 19.3 Å². The van der Waals surface area contributed by atoms with Gasteiger partial charge in [-0.05, 0) is 46.1 Å². The Balaban J connectivity index is 1.89. The van der Waals surface area contributed by atoms with Gasteiger partial charge in [0, 0.05) is 12.0 Å². The van der Waals surface area contributed by atoms with Gasteiger partial charge in [0.15, 0.2) is 0 Å². The van der Waals surface area contributed by atoms with Crippen LogP contribution in [0.3, 0.4) is 0 Å². The molecule has 1 aliphatic carbocycles. The molecule has 0 amide bonds. The summed E-state index contributed by atoms with van der Waals surface area (Å²) >= 11 is 5.00. The first-order valence-corrected chi connectivity index (χ1v) is 7.94. The molecule has 0 spiro atoms. The minimum absolute atomic E-state index is 0.364. The van der Waals surface area contributed by atoms with Gasteiger partial charge in [0.2, 0.25) is 0 Å². The quantitative estimate of drug-likeness (QED) is 0.884. The molecule has 4 heteroatoms. The number of aliphatic hydroxyl groups is 2. The zero-order valence-corrected chi connectivity index (χ0v) is 12.2. The molecule has 2 rings (SSSR count). The van der Waals surface area contributed by atoms with Crippen LogP contribution in [0.2, 0.25) is 0 Å². The van der Waals surface area contributed by atoms with E-state index in [-0.39, 0.29) is 6.10 Å². The second-order valence-corrected chi connectivity index (χ2v) is 7.10. The van der Waals surface area contributed by atoms with E-state index in [2.05, 4.69) is 15.9 Å². The Morgan fingerprint density at radius 2 is 2.00 bits per heavy atom. The van der Waals surface area contributed by atoms with E-state index < -0.39 is 6.10 Å². The van der Waals surface area contributed by atoms with Crippen molar-refractivity contribution < 1.29 is 10.2 Å². The molecule has 96 valence electrons. The highest BCUT2D eigenvalue weighted by Crippen LogP contribution is 2.34. The number of aliphatic hydroxyl groups excluding tert-OH is 2. The molecule has 0 aliphatic heterocycles. The molecule has 2 atom stereocenters. The summed E-state index contributed by atoms with van der Waals surface area (Å²) in [6.45, 7) is 0. The lowest BCUT2D eigenvalue weighted by Gasteiger charge is -2.27. The van der Waals surface area contributed by atoms with E-state index in [1.807, 2.05) is 11.4 Å². The van der Waals surface area contributed by atoms with Crippen molar-refractivity contribution in [1.82, 2.24) is 0 Å². The largest absolute Gasteiger partial charge is 0.393 e. The van der Waals surface area contributed by atoms with Gasteiger partial charge in [0.05, 0.1) is 16.0 Å². The van der Waals surface area contributed by atoms with Crippen LogP contribution in [-0.4, -0.2) is 16.3 Å². The van der Waals surface area contributed by atoms with E-state index in [0.717, 1.165) is 22.2 Å². The Hall–Kier alpha value is 0.100. The van der Waals surface area contributed by atoms with Crippen LogP contribution < -0.4 is 0 Å². The molecule has 1 heterocycles. The second kappa shape index (κ2) is 6.32. The molecule has 2 N–H and O–H groups in total. The van der Waals surface area contributed by atoms with Crippen LogP contribution in [0.5, 0.6) is 0 Å². The SMILES string of the molecule is OC(CC(O)C1CCCCC1)c1ccsc1Br. The fraction of sp³-hybridized carbons (Fsp3) is 0.692. The summed E-state index contributed by atoms with van der Waals surface area (Å²) in [7, 11) is 0. The van der Waals surface area contributed by atoms with Gasteiger partial charge >= 0.3 is 0 Å². The number of rotatable bonds is 4. The molecule has 1 aromatic rings. The first kappa shape index (κ1) is 13.5. The highest BCUT2D eigenvalue weighted by Gasteiger charge is 2.25.